The van der Waals surface area contributed by atoms with Crippen molar-refractivity contribution in [2.45, 2.75) is 116 Å². The molecule has 0 aliphatic carbocycles. The standard InChI is InChI=1S/C30H51NO3/c1-3-5-7-9-11-13-14-15-16-18-20-22-24-26-30(34)31-28(27-32)29(33)25-23-21-19-17-12-10-8-6-4-2/h5,7,11-13,15-17,23,25,28-29,32-33H,3-4,6,8-10,14,18-22,24,26-27H2,1-2H3,(H,31,34)/b7-5-,13-11-,16-15-,17-12+,25-23+. The predicted octanol–water partition coefficient (Wildman–Crippen LogP) is 7.11. The quantitative estimate of drug-likeness (QED) is 0.116. The summed E-state index contributed by atoms with van der Waals surface area (Å²) in [5, 5.41) is 22.5. The lowest BCUT2D eigenvalue weighted by atomic mass is 10.1. The Balaban J connectivity index is 3.87. The van der Waals surface area contributed by atoms with E-state index in [2.05, 4.69) is 67.8 Å². The highest BCUT2D eigenvalue weighted by Crippen LogP contribution is 2.06. The second kappa shape index (κ2) is 25.7. The van der Waals surface area contributed by atoms with Gasteiger partial charge in [0.2, 0.25) is 5.91 Å². The van der Waals surface area contributed by atoms with E-state index < -0.39 is 12.1 Å². The minimum Gasteiger partial charge on any atom is -0.394 e. The highest BCUT2D eigenvalue weighted by molar-refractivity contribution is 5.76. The van der Waals surface area contributed by atoms with Crippen LogP contribution in [0.15, 0.2) is 60.8 Å². The number of unbranched alkanes of at least 4 members (excludes halogenated alkanes) is 7. The van der Waals surface area contributed by atoms with Crippen molar-refractivity contribution in [2.24, 2.45) is 0 Å². The van der Waals surface area contributed by atoms with E-state index in [1.165, 1.54) is 19.3 Å². The molecule has 194 valence electrons. The summed E-state index contributed by atoms with van der Waals surface area (Å²) in [6.45, 7) is 4.07. The van der Waals surface area contributed by atoms with Crippen LogP contribution in [0.3, 0.4) is 0 Å². The van der Waals surface area contributed by atoms with E-state index in [4.69, 9.17) is 0 Å². The Hall–Kier alpha value is -1.91. The Morgan fingerprint density at radius 2 is 1.32 bits per heavy atom. The number of hydrogen-bond acceptors (Lipinski definition) is 3. The van der Waals surface area contributed by atoms with Gasteiger partial charge in [0.25, 0.3) is 0 Å². The Labute approximate surface area is 209 Å². The molecule has 0 aromatic heterocycles. The number of aliphatic hydroxyl groups is 2. The molecular weight excluding hydrogens is 422 g/mol. The molecule has 0 saturated carbocycles. The van der Waals surface area contributed by atoms with Gasteiger partial charge in [0.05, 0.1) is 18.8 Å². The van der Waals surface area contributed by atoms with Gasteiger partial charge >= 0.3 is 0 Å². The average Bonchev–Trinajstić information content (AvgIpc) is 2.84. The molecule has 0 rings (SSSR count). The molecule has 34 heavy (non-hydrogen) atoms. The van der Waals surface area contributed by atoms with Gasteiger partial charge in [-0.05, 0) is 64.2 Å². The lowest BCUT2D eigenvalue weighted by Crippen LogP contribution is -2.45. The summed E-state index contributed by atoms with van der Waals surface area (Å²) in [4.78, 5) is 12.1. The van der Waals surface area contributed by atoms with E-state index in [0.717, 1.165) is 64.2 Å². The smallest absolute Gasteiger partial charge is 0.220 e. The number of amides is 1. The minimum atomic E-state index is -0.871. The second-order valence-electron chi connectivity index (χ2n) is 8.71. The third kappa shape index (κ3) is 21.9. The van der Waals surface area contributed by atoms with Gasteiger partial charge in [-0.1, -0.05) is 93.9 Å². The Kier molecular flexibility index (Phi) is 24.3. The maximum atomic E-state index is 12.1. The first-order valence-corrected chi connectivity index (χ1v) is 13.5. The van der Waals surface area contributed by atoms with Crippen LogP contribution in [0.2, 0.25) is 0 Å². The van der Waals surface area contributed by atoms with E-state index in [1.807, 2.05) is 6.08 Å². The maximum absolute atomic E-state index is 12.1. The lowest BCUT2D eigenvalue weighted by molar-refractivity contribution is -0.123. The highest BCUT2D eigenvalue weighted by Gasteiger charge is 2.17. The van der Waals surface area contributed by atoms with Gasteiger partial charge < -0.3 is 15.5 Å². The molecule has 0 aliphatic heterocycles. The van der Waals surface area contributed by atoms with E-state index in [1.54, 1.807) is 6.08 Å². The summed E-state index contributed by atoms with van der Waals surface area (Å²) in [6.07, 6.45) is 34.3. The molecular formula is C30H51NO3. The normalized spacial score (nSPS) is 14.4. The SMILES string of the molecule is CC/C=C\C/C=C\C/C=C\CCCCCC(=O)NC(CO)C(O)/C=C/CC/C=C/CCCCC. The molecule has 4 nitrogen and oxygen atoms in total. The Bertz CT molecular complexity index is 604. The highest BCUT2D eigenvalue weighted by atomic mass is 16.3. The molecule has 4 heteroatoms. The fourth-order valence-corrected chi connectivity index (χ4v) is 3.38. The fraction of sp³-hybridized carbons (Fsp3) is 0.633. The molecule has 0 saturated heterocycles. The van der Waals surface area contributed by atoms with Crippen LogP contribution in [0.4, 0.5) is 0 Å². The summed E-state index contributed by atoms with van der Waals surface area (Å²) in [7, 11) is 0. The molecule has 3 N–H and O–H groups in total. The van der Waals surface area contributed by atoms with Crippen LogP contribution in [0, 0.1) is 0 Å². The number of nitrogens with one attached hydrogen (secondary N) is 1. The zero-order valence-electron chi connectivity index (χ0n) is 21.8. The van der Waals surface area contributed by atoms with Crippen LogP contribution in [-0.4, -0.2) is 34.9 Å². The molecule has 0 spiro atoms. The first kappa shape index (κ1) is 32.1. The molecule has 0 fully saturated rings. The van der Waals surface area contributed by atoms with Crippen LogP contribution in [0.1, 0.15) is 104 Å². The third-order valence-corrected chi connectivity index (χ3v) is 5.48. The lowest BCUT2D eigenvalue weighted by Gasteiger charge is -2.19. The second-order valence-corrected chi connectivity index (χ2v) is 8.71. The summed E-state index contributed by atoms with van der Waals surface area (Å²) in [5.41, 5.74) is 0. The number of rotatable bonds is 22. The van der Waals surface area contributed by atoms with Crippen molar-refractivity contribution in [3.63, 3.8) is 0 Å². The summed E-state index contributed by atoms with van der Waals surface area (Å²) >= 11 is 0. The van der Waals surface area contributed by atoms with Crippen molar-refractivity contribution < 1.29 is 15.0 Å². The van der Waals surface area contributed by atoms with Gasteiger partial charge in [-0.3, -0.25) is 4.79 Å². The first-order chi connectivity index (χ1) is 16.7. The monoisotopic (exact) mass is 473 g/mol. The van der Waals surface area contributed by atoms with Crippen molar-refractivity contribution in [2.75, 3.05) is 6.61 Å². The molecule has 2 unspecified atom stereocenters. The Morgan fingerprint density at radius 3 is 2.00 bits per heavy atom. The molecule has 0 radical (unpaired) electrons. The van der Waals surface area contributed by atoms with Crippen molar-refractivity contribution in [1.29, 1.82) is 0 Å². The zero-order chi connectivity index (χ0) is 25.1. The van der Waals surface area contributed by atoms with Crippen molar-refractivity contribution in [1.82, 2.24) is 5.32 Å². The van der Waals surface area contributed by atoms with Crippen molar-refractivity contribution in [3.8, 4) is 0 Å². The van der Waals surface area contributed by atoms with Gasteiger partial charge in [-0.25, -0.2) is 0 Å². The van der Waals surface area contributed by atoms with E-state index >= 15 is 0 Å². The number of carbonyl (C=O) groups excluding carboxylic acids is 1. The molecule has 0 bridgehead atoms. The van der Waals surface area contributed by atoms with Gasteiger partial charge in [0.15, 0.2) is 0 Å². The molecule has 0 aliphatic rings. The third-order valence-electron chi connectivity index (χ3n) is 5.48. The van der Waals surface area contributed by atoms with Crippen LogP contribution < -0.4 is 5.32 Å². The number of hydrogen-bond donors (Lipinski definition) is 3. The Morgan fingerprint density at radius 1 is 0.735 bits per heavy atom. The van der Waals surface area contributed by atoms with Crippen LogP contribution in [0.5, 0.6) is 0 Å². The fourth-order valence-electron chi connectivity index (χ4n) is 3.38. The van der Waals surface area contributed by atoms with Gasteiger partial charge in [0, 0.05) is 6.42 Å². The number of aliphatic hydroxyl groups excluding tert-OH is 2. The molecule has 0 aromatic rings. The molecule has 0 heterocycles. The topological polar surface area (TPSA) is 69.6 Å². The average molecular weight is 474 g/mol. The van der Waals surface area contributed by atoms with Crippen molar-refractivity contribution >= 4 is 5.91 Å². The van der Waals surface area contributed by atoms with Crippen LogP contribution >= 0.6 is 0 Å². The first-order valence-electron chi connectivity index (χ1n) is 13.5. The zero-order valence-corrected chi connectivity index (χ0v) is 21.8. The van der Waals surface area contributed by atoms with Gasteiger partial charge in [-0.2, -0.15) is 0 Å². The van der Waals surface area contributed by atoms with Crippen LogP contribution in [-0.2, 0) is 4.79 Å². The van der Waals surface area contributed by atoms with Crippen LogP contribution in [0.25, 0.3) is 0 Å². The summed E-state index contributed by atoms with van der Waals surface area (Å²) in [6, 6.07) is -0.651. The predicted molar refractivity (Wildman–Crippen MR) is 147 cm³/mol. The molecule has 0 aromatic carbocycles. The van der Waals surface area contributed by atoms with E-state index in [0.29, 0.717) is 6.42 Å². The van der Waals surface area contributed by atoms with Gasteiger partial charge in [-0.15, -0.1) is 0 Å². The van der Waals surface area contributed by atoms with E-state index in [-0.39, 0.29) is 12.5 Å². The minimum absolute atomic E-state index is 0.112. The summed E-state index contributed by atoms with van der Waals surface area (Å²) in [5.74, 6) is -0.112. The van der Waals surface area contributed by atoms with E-state index in [9.17, 15) is 15.0 Å². The molecule has 1 amide bonds. The molecule has 2 atom stereocenters. The largest absolute Gasteiger partial charge is 0.394 e. The number of allylic oxidation sites excluding steroid dienone is 9. The summed E-state index contributed by atoms with van der Waals surface area (Å²) < 4.78 is 0. The number of carbonyl (C=O) groups is 1. The maximum Gasteiger partial charge on any atom is 0.220 e. The van der Waals surface area contributed by atoms with Crippen molar-refractivity contribution in [3.05, 3.63) is 60.8 Å². The van der Waals surface area contributed by atoms with Gasteiger partial charge in [0.1, 0.15) is 0 Å².